The van der Waals surface area contributed by atoms with Gasteiger partial charge in [0.2, 0.25) is 0 Å². The average molecular weight is 418 g/mol. The highest BCUT2D eigenvalue weighted by Crippen LogP contribution is 2.23. The van der Waals surface area contributed by atoms with Gasteiger partial charge >= 0.3 is 6.09 Å². The number of rotatable bonds is 6. The molecular weight excluding hydrogens is 382 g/mol. The maximum atomic E-state index is 11.8. The van der Waals surface area contributed by atoms with Crippen molar-refractivity contribution in [2.75, 3.05) is 44.3 Å². The summed E-state index contributed by atoms with van der Waals surface area (Å²) in [6.45, 7) is 6.38. The fourth-order valence-electron chi connectivity index (χ4n) is 4.04. The molecule has 8 nitrogen and oxygen atoms in total. The van der Waals surface area contributed by atoms with Crippen LogP contribution in [0.15, 0.2) is 29.3 Å². The number of amides is 1. The molecule has 2 heterocycles. The number of benzene rings is 1. The van der Waals surface area contributed by atoms with E-state index in [1.54, 1.807) is 4.90 Å². The third kappa shape index (κ3) is 6.26. The molecule has 8 heteroatoms. The fraction of sp³-hybridized carbons (Fsp3) is 0.636. The zero-order valence-corrected chi connectivity index (χ0v) is 17.9. The van der Waals surface area contributed by atoms with Gasteiger partial charge in [-0.2, -0.15) is 0 Å². The van der Waals surface area contributed by atoms with Gasteiger partial charge in [-0.15, -0.1) is 0 Å². The summed E-state index contributed by atoms with van der Waals surface area (Å²) in [7, 11) is 0. The smallest absolute Gasteiger partial charge is 0.409 e. The van der Waals surface area contributed by atoms with Crippen LogP contribution >= 0.6 is 0 Å². The molecule has 2 fully saturated rings. The number of anilines is 1. The molecule has 3 rings (SSSR count). The Morgan fingerprint density at radius 2 is 1.83 bits per heavy atom. The number of aliphatic imine (C=N–C) groups is 1. The summed E-state index contributed by atoms with van der Waals surface area (Å²) >= 11 is 0. The Morgan fingerprint density at radius 3 is 2.43 bits per heavy atom. The number of carbonyl (C=O) groups is 1. The molecule has 30 heavy (non-hydrogen) atoms. The molecule has 166 valence electrons. The predicted molar refractivity (Wildman–Crippen MR) is 119 cm³/mol. The maximum Gasteiger partial charge on any atom is 0.409 e. The van der Waals surface area contributed by atoms with Gasteiger partial charge in [0.15, 0.2) is 5.96 Å². The molecule has 0 bridgehead atoms. The molecule has 0 aliphatic carbocycles. The van der Waals surface area contributed by atoms with Gasteiger partial charge in [-0.05, 0) is 56.2 Å². The highest BCUT2D eigenvalue weighted by Gasteiger charge is 2.23. The topological polar surface area (TPSA) is 103 Å². The normalized spacial score (nSPS) is 19.1. The number of nitrogens with zero attached hydrogens (tertiary/aromatic N) is 3. The van der Waals surface area contributed by atoms with Crippen molar-refractivity contribution >= 4 is 17.7 Å². The van der Waals surface area contributed by atoms with Crippen LogP contribution in [0.4, 0.5) is 10.5 Å². The van der Waals surface area contributed by atoms with Crippen LogP contribution in [-0.4, -0.2) is 67.5 Å². The van der Waals surface area contributed by atoms with Crippen molar-refractivity contribution in [3.05, 3.63) is 29.8 Å². The molecule has 2 aliphatic rings. The second-order valence-corrected chi connectivity index (χ2v) is 8.09. The lowest BCUT2D eigenvalue weighted by atomic mass is 9.97. The molecule has 1 aromatic carbocycles. The van der Waals surface area contributed by atoms with Crippen LogP contribution < -0.4 is 16.0 Å². The Labute approximate surface area is 179 Å². The molecule has 1 amide bonds. The molecule has 2 saturated heterocycles. The van der Waals surface area contributed by atoms with E-state index in [4.69, 9.17) is 10.5 Å². The first-order chi connectivity index (χ1) is 14.6. The molecular formula is C22H35N5O3. The monoisotopic (exact) mass is 417 g/mol. The van der Waals surface area contributed by atoms with Crippen molar-refractivity contribution in [2.24, 2.45) is 16.6 Å². The second-order valence-electron chi connectivity index (χ2n) is 8.09. The first-order valence-corrected chi connectivity index (χ1v) is 11.0. The second kappa shape index (κ2) is 11.1. The minimum Gasteiger partial charge on any atom is -0.450 e. The maximum absolute atomic E-state index is 11.8. The summed E-state index contributed by atoms with van der Waals surface area (Å²) in [5, 5.41) is 12.6. The van der Waals surface area contributed by atoms with E-state index in [-0.39, 0.29) is 12.1 Å². The molecule has 1 aromatic rings. The minimum absolute atomic E-state index is 0.226. The van der Waals surface area contributed by atoms with E-state index in [9.17, 15) is 9.90 Å². The lowest BCUT2D eigenvalue weighted by Crippen LogP contribution is -2.48. The Morgan fingerprint density at radius 1 is 1.17 bits per heavy atom. The van der Waals surface area contributed by atoms with Gasteiger partial charge in [0.05, 0.1) is 13.2 Å². The van der Waals surface area contributed by atoms with E-state index in [1.165, 1.54) is 5.69 Å². The average Bonchev–Trinajstić information content (AvgIpc) is 2.79. The number of aliphatic hydroxyl groups is 1. The summed E-state index contributed by atoms with van der Waals surface area (Å²) in [6.07, 6.45) is 3.51. The van der Waals surface area contributed by atoms with E-state index < -0.39 is 0 Å². The molecule has 0 unspecified atom stereocenters. The standard InChI is InChI=1S/C22H35N5O3/c1-2-30-22(29)27-13-9-19(10-14-27)25-21(23)24-15-17-3-5-20(6-4-17)26-11-7-18(16-28)8-12-26/h3-6,18-19,28H,2,7-16H2,1H3,(H3,23,24,25). The molecule has 0 atom stereocenters. The van der Waals surface area contributed by atoms with Gasteiger partial charge in [-0.25, -0.2) is 9.79 Å². The quantitative estimate of drug-likeness (QED) is 0.483. The fourth-order valence-corrected chi connectivity index (χ4v) is 4.04. The number of ether oxygens (including phenoxy) is 1. The van der Waals surface area contributed by atoms with Gasteiger partial charge < -0.3 is 30.7 Å². The number of nitrogens with two attached hydrogens (primary N) is 1. The van der Waals surface area contributed by atoms with E-state index in [1.807, 2.05) is 6.92 Å². The number of piperidine rings is 2. The van der Waals surface area contributed by atoms with E-state index >= 15 is 0 Å². The third-order valence-electron chi connectivity index (χ3n) is 5.98. The zero-order chi connectivity index (χ0) is 21.3. The molecule has 0 saturated carbocycles. The zero-order valence-electron chi connectivity index (χ0n) is 17.9. The molecule has 4 N–H and O–H groups in total. The summed E-state index contributed by atoms with van der Waals surface area (Å²) in [5.74, 6) is 0.891. The van der Waals surface area contributed by atoms with Crippen LogP contribution in [0.2, 0.25) is 0 Å². The predicted octanol–water partition coefficient (Wildman–Crippen LogP) is 1.92. The van der Waals surface area contributed by atoms with Crippen LogP contribution in [0.5, 0.6) is 0 Å². The van der Waals surface area contributed by atoms with Crippen LogP contribution in [0.1, 0.15) is 38.2 Å². The van der Waals surface area contributed by atoms with Crippen molar-refractivity contribution in [1.82, 2.24) is 10.2 Å². The lowest BCUT2D eigenvalue weighted by molar-refractivity contribution is 0.0963. The Hall–Kier alpha value is -2.48. The lowest BCUT2D eigenvalue weighted by Gasteiger charge is -2.33. The summed E-state index contributed by atoms with van der Waals surface area (Å²) in [6, 6.07) is 8.70. The van der Waals surface area contributed by atoms with Crippen molar-refractivity contribution in [3.8, 4) is 0 Å². The van der Waals surface area contributed by atoms with Crippen LogP contribution in [0.25, 0.3) is 0 Å². The molecule has 0 aromatic heterocycles. The van der Waals surface area contributed by atoms with Crippen molar-refractivity contribution < 1.29 is 14.6 Å². The van der Waals surface area contributed by atoms with E-state index in [2.05, 4.69) is 39.5 Å². The van der Waals surface area contributed by atoms with E-state index in [0.717, 1.165) is 44.3 Å². The summed E-state index contributed by atoms with van der Waals surface area (Å²) in [5.41, 5.74) is 8.41. The van der Waals surface area contributed by atoms with Crippen molar-refractivity contribution in [3.63, 3.8) is 0 Å². The number of hydrogen-bond donors (Lipinski definition) is 3. The largest absolute Gasteiger partial charge is 0.450 e. The van der Waals surface area contributed by atoms with Crippen molar-refractivity contribution in [1.29, 1.82) is 0 Å². The van der Waals surface area contributed by atoms with Crippen molar-refractivity contribution in [2.45, 2.75) is 45.2 Å². The van der Waals surface area contributed by atoms with Gasteiger partial charge in [-0.1, -0.05) is 12.1 Å². The van der Waals surface area contributed by atoms with Gasteiger partial charge in [-0.3, -0.25) is 0 Å². The number of carbonyl (C=O) groups excluding carboxylic acids is 1. The van der Waals surface area contributed by atoms with Crippen LogP contribution in [0, 0.1) is 5.92 Å². The summed E-state index contributed by atoms with van der Waals surface area (Å²) in [4.78, 5) is 20.3. The summed E-state index contributed by atoms with van der Waals surface area (Å²) < 4.78 is 5.05. The first-order valence-electron chi connectivity index (χ1n) is 11.0. The Balaban J connectivity index is 1.42. The van der Waals surface area contributed by atoms with E-state index in [0.29, 0.717) is 44.7 Å². The van der Waals surface area contributed by atoms with Gasteiger partial charge in [0, 0.05) is 44.5 Å². The molecule has 2 aliphatic heterocycles. The van der Waals surface area contributed by atoms with Gasteiger partial charge in [0.1, 0.15) is 0 Å². The minimum atomic E-state index is -0.237. The molecule has 0 radical (unpaired) electrons. The number of hydrogen-bond acceptors (Lipinski definition) is 5. The molecule has 0 spiro atoms. The third-order valence-corrected chi connectivity index (χ3v) is 5.98. The van der Waals surface area contributed by atoms with Crippen LogP contribution in [-0.2, 0) is 11.3 Å². The number of likely N-dealkylation sites (tertiary alicyclic amines) is 1. The van der Waals surface area contributed by atoms with Crippen LogP contribution in [0.3, 0.4) is 0 Å². The SMILES string of the molecule is CCOC(=O)N1CCC(NC(N)=NCc2ccc(N3CCC(CO)CC3)cc2)CC1. The number of guanidine groups is 1. The van der Waals surface area contributed by atoms with Gasteiger partial charge in [0.25, 0.3) is 0 Å². The highest BCUT2D eigenvalue weighted by atomic mass is 16.6. The number of nitrogens with one attached hydrogen (secondary N) is 1. The highest BCUT2D eigenvalue weighted by molar-refractivity contribution is 5.78. The first kappa shape index (κ1) is 22.2. The number of aliphatic hydroxyl groups excluding tert-OH is 1. The Kier molecular flexibility index (Phi) is 8.19. The Bertz CT molecular complexity index is 693.